The Balaban J connectivity index is 1.77. The van der Waals surface area contributed by atoms with Crippen LogP contribution < -0.4 is 5.32 Å². The predicted octanol–water partition coefficient (Wildman–Crippen LogP) is 2.64. The van der Waals surface area contributed by atoms with Crippen LogP contribution in [0.15, 0.2) is 0 Å². The summed E-state index contributed by atoms with van der Waals surface area (Å²) < 4.78 is 0. The van der Waals surface area contributed by atoms with Gasteiger partial charge in [0.25, 0.3) is 0 Å². The van der Waals surface area contributed by atoms with Crippen molar-refractivity contribution in [2.75, 3.05) is 26.2 Å². The van der Waals surface area contributed by atoms with Crippen molar-refractivity contribution in [1.82, 2.24) is 10.2 Å². The number of piperidine rings is 2. The molecule has 2 heteroatoms. The van der Waals surface area contributed by atoms with Crippen LogP contribution in [0.5, 0.6) is 0 Å². The Kier molecular flexibility index (Phi) is 4.26. The molecule has 16 heavy (non-hydrogen) atoms. The molecular weight excluding hydrogens is 196 g/mol. The summed E-state index contributed by atoms with van der Waals surface area (Å²) in [6.07, 6.45) is 8.37. The summed E-state index contributed by atoms with van der Waals surface area (Å²) in [4.78, 5) is 2.68. The Bertz CT molecular complexity index is 201. The van der Waals surface area contributed by atoms with Crippen molar-refractivity contribution < 1.29 is 0 Å². The van der Waals surface area contributed by atoms with Crippen LogP contribution in [0.1, 0.15) is 52.4 Å². The van der Waals surface area contributed by atoms with E-state index in [1.165, 1.54) is 64.7 Å². The molecule has 1 unspecified atom stereocenters. The van der Waals surface area contributed by atoms with Gasteiger partial charge in [0.1, 0.15) is 0 Å². The van der Waals surface area contributed by atoms with Crippen LogP contribution in [-0.2, 0) is 0 Å². The van der Waals surface area contributed by atoms with Gasteiger partial charge < -0.3 is 10.2 Å². The minimum atomic E-state index is 0.400. The second-order valence-electron chi connectivity index (χ2n) is 6.07. The zero-order valence-electron chi connectivity index (χ0n) is 11.1. The summed E-state index contributed by atoms with van der Waals surface area (Å²) in [6.45, 7) is 9.90. The fourth-order valence-corrected chi connectivity index (χ4v) is 3.30. The molecule has 1 atom stereocenters. The molecule has 0 spiro atoms. The topological polar surface area (TPSA) is 15.3 Å². The van der Waals surface area contributed by atoms with E-state index >= 15 is 0 Å². The molecule has 2 aliphatic rings. The highest BCUT2D eigenvalue weighted by molar-refractivity contribution is 4.90. The van der Waals surface area contributed by atoms with Crippen molar-refractivity contribution in [2.45, 2.75) is 57.9 Å². The molecule has 0 radical (unpaired) electrons. The highest BCUT2D eigenvalue weighted by atomic mass is 15.2. The molecule has 94 valence electrons. The molecule has 1 N–H and O–H groups in total. The average molecular weight is 224 g/mol. The van der Waals surface area contributed by atoms with Crippen molar-refractivity contribution in [2.24, 2.45) is 5.92 Å². The van der Waals surface area contributed by atoms with Gasteiger partial charge in [-0.15, -0.1) is 0 Å². The Hall–Kier alpha value is -0.0800. The van der Waals surface area contributed by atoms with E-state index in [1.54, 1.807) is 0 Å². The summed E-state index contributed by atoms with van der Waals surface area (Å²) in [7, 11) is 0. The first kappa shape index (κ1) is 12.4. The Morgan fingerprint density at radius 2 is 2.00 bits per heavy atom. The molecule has 0 aromatic rings. The SMILES string of the molecule is CCC1CCN(CC2(C)CCCCN2)CC1. The number of hydrogen-bond donors (Lipinski definition) is 1. The van der Waals surface area contributed by atoms with Gasteiger partial charge in [0.05, 0.1) is 0 Å². The van der Waals surface area contributed by atoms with Gasteiger partial charge in [0, 0.05) is 12.1 Å². The van der Waals surface area contributed by atoms with Gasteiger partial charge in [0.15, 0.2) is 0 Å². The summed E-state index contributed by atoms with van der Waals surface area (Å²) in [6, 6.07) is 0. The third-order valence-electron chi connectivity index (χ3n) is 4.56. The first-order valence-corrected chi connectivity index (χ1v) is 7.19. The minimum Gasteiger partial charge on any atom is -0.310 e. The van der Waals surface area contributed by atoms with E-state index in [9.17, 15) is 0 Å². The van der Waals surface area contributed by atoms with Gasteiger partial charge in [0.2, 0.25) is 0 Å². The third kappa shape index (κ3) is 3.21. The van der Waals surface area contributed by atoms with Gasteiger partial charge in [-0.25, -0.2) is 0 Å². The number of nitrogens with zero attached hydrogens (tertiary/aromatic N) is 1. The zero-order chi connectivity index (χ0) is 11.4. The summed E-state index contributed by atoms with van der Waals surface area (Å²) in [5.41, 5.74) is 0.400. The highest BCUT2D eigenvalue weighted by Crippen LogP contribution is 2.24. The number of nitrogens with one attached hydrogen (secondary N) is 1. The van der Waals surface area contributed by atoms with E-state index in [0.717, 1.165) is 5.92 Å². The lowest BCUT2D eigenvalue weighted by Gasteiger charge is -2.41. The maximum absolute atomic E-state index is 3.73. The second-order valence-corrected chi connectivity index (χ2v) is 6.07. The average Bonchev–Trinajstić information content (AvgIpc) is 2.30. The lowest BCUT2D eigenvalue weighted by molar-refractivity contribution is 0.122. The van der Waals surface area contributed by atoms with Gasteiger partial charge in [-0.1, -0.05) is 19.8 Å². The van der Waals surface area contributed by atoms with Gasteiger partial charge in [-0.3, -0.25) is 0 Å². The maximum atomic E-state index is 3.73. The van der Waals surface area contributed by atoms with E-state index in [-0.39, 0.29) is 0 Å². The van der Waals surface area contributed by atoms with E-state index in [2.05, 4.69) is 24.1 Å². The molecule has 2 aliphatic heterocycles. The van der Waals surface area contributed by atoms with Gasteiger partial charge >= 0.3 is 0 Å². The molecule has 2 fully saturated rings. The standard InChI is InChI=1S/C14H28N2/c1-3-13-6-10-16(11-7-13)12-14(2)8-4-5-9-15-14/h13,15H,3-12H2,1-2H3. The minimum absolute atomic E-state index is 0.400. The van der Waals surface area contributed by atoms with Crippen LogP contribution in [0.25, 0.3) is 0 Å². The lowest BCUT2D eigenvalue weighted by atomic mass is 9.88. The van der Waals surface area contributed by atoms with Crippen LogP contribution in [0.3, 0.4) is 0 Å². The Morgan fingerprint density at radius 1 is 1.25 bits per heavy atom. The van der Waals surface area contributed by atoms with E-state index in [4.69, 9.17) is 0 Å². The molecule has 2 saturated heterocycles. The van der Waals surface area contributed by atoms with Gasteiger partial charge in [-0.2, -0.15) is 0 Å². The molecule has 0 amide bonds. The maximum Gasteiger partial charge on any atom is 0.0280 e. The van der Waals surface area contributed by atoms with Crippen molar-refractivity contribution in [3.8, 4) is 0 Å². The predicted molar refractivity (Wildman–Crippen MR) is 69.7 cm³/mol. The fourth-order valence-electron chi connectivity index (χ4n) is 3.30. The molecule has 2 heterocycles. The molecule has 0 bridgehead atoms. The quantitative estimate of drug-likeness (QED) is 0.793. The van der Waals surface area contributed by atoms with Crippen LogP contribution >= 0.6 is 0 Å². The van der Waals surface area contributed by atoms with Crippen LogP contribution in [-0.4, -0.2) is 36.6 Å². The largest absolute Gasteiger partial charge is 0.310 e. The summed E-state index contributed by atoms with van der Waals surface area (Å²) >= 11 is 0. The molecule has 0 saturated carbocycles. The molecule has 2 rings (SSSR count). The van der Waals surface area contributed by atoms with E-state index in [1.807, 2.05) is 0 Å². The smallest absolute Gasteiger partial charge is 0.0280 e. The van der Waals surface area contributed by atoms with E-state index in [0.29, 0.717) is 5.54 Å². The number of rotatable bonds is 3. The van der Waals surface area contributed by atoms with Crippen LogP contribution in [0.2, 0.25) is 0 Å². The molecule has 0 aromatic carbocycles. The van der Waals surface area contributed by atoms with Crippen molar-refractivity contribution >= 4 is 0 Å². The number of likely N-dealkylation sites (tertiary alicyclic amines) is 1. The Labute approximate surface area is 101 Å². The highest BCUT2D eigenvalue weighted by Gasteiger charge is 2.29. The third-order valence-corrected chi connectivity index (χ3v) is 4.56. The fraction of sp³-hybridized carbons (Fsp3) is 1.00. The summed E-state index contributed by atoms with van der Waals surface area (Å²) in [5, 5.41) is 3.73. The zero-order valence-corrected chi connectivity index (χ0v) is 11.1. The number of hydrogen-bond acceptors (Lipinski definition) is 2. The molecule has 0 aromatic heterocycles. The van der Waals surface area contributed by atoms with Crippen molar-refractivity contribution in [1.29, 1.82) is 0 Å². The summed E-state index contributed by atoms with van der Waals surface area (Å²) in [5.74, 6) is 1.00. The normalized spacial score (nSPS) is 34.1. The Morgan fingerprint density at radius 3 is 2.56 bits per heavy atom. The van der Waals surface area contributed by atoms with Gasteiger partial charge in [-0.05, 0) is 58.2 Å². The lowest BCUT2D eigenvalue weighted by Crippen LogP contribution is -2.54. The van der Waals surface area contributed by atoms with Crippen molar-refractivity contribution in [3.05, 3.63) is 0 Å². The first-order chi connectivity index (χ1) is 7.72. The first-order valence-electron chi connectivity index (χ1n) is 7.19. The van der Waals surface area contributed by atoms with Crippen molar-refractivity contribution in [3.63, 3.8) is 0 Å². The monoisotopic (exact) mass is 224 g/mol. The van der Waals surface area contributed by atoms with Crippen LogP contribution in [0.4, 0.5) is 0 Å². The second kappa shape index (κ2) is 5.50. The molecule has 2 nitrogen and oxygen atoms in total. The van der Waals surface area contributed by atoms with Crippen LogP contribution in [0, 0.1) is 5.92 Å². The molecule has 0 aliphatic carbocycles. The molecular formula is C14H28N2. The van der Waals surface area contributed by atoms with E-state index < -0.39 is 0 Å².